The van der Waals surface area contributed by atoms with Gasteiger partial charge in [-0.15, -0.1) is 0 Å². The van der Waals surface area contributed by atoms with Gasteiger partial charge >= 0.3 is 7.60 Å². The molecule has 3 nitrogen and oxygen atoms in total. The van der Waals surface area contributed by atoms with Crippen molar-refractivity contribution in [3.8, 4) is 0 Å². The van der Waals surface area contributed by atoms with E-state index in [1.807, 2.05) is 0 Å². The fourth-order valence-electron chi connectivity index (χ4n) is 0.528. The second-order valence-corrected chi connectivity index (χ2v) is 4.12. The summed E-state index contributed by atoms with van der Waals surface area (Å²) in [5, 5.41) is 0. The number of allylic oxidation sites excluding steroid dienone is 2. The Morgan fingerprint density at radius 2 is 1.58 bits per heavy atom. The van der Waals surface area contributed by atoms with E-state index in [1.54, 1.807) is 13.8 Å². The van der Waals surface area contributed by atoms with Crippen LogP contribution in [0, 0.1) is 0 Å². The monoisotopic (exact) mass is 188 g/mol. The second-order valence-electron chi connectivity index (χ2n) is 2.31. The third-order valence-corrected chi connectivity index (χ3v) is 2.37. The summed E-state index contributed by atoms with van der Waals surface area (Å²) in [6.07, 6.45) is 0. The first-order valence-corrected chi connectivity index (χ1v) is 4.94. The molecule has 0 heterocycles. The van der Waals surface area contributed by atoms with E-state index in [0.29, 0.717) is 11.5 Å². The largest absolute Gasteiger partial charge is 0.454 e. The molecule has 0 saturated heterocycles. The van der Waals surface area contributed by atoms with Crippen LogP contribution in [0.4, 0.5) is 0 Å². The summed E-state index contributed by atoms with van der Waals surface area (Å²) in [6, 6.07) is 0. The molecule has 0 aromatic heterocycles. The summed E-state index contributed by atoms with van der Waals surface area (Å²) >= 11 is 0. The Hall–Kier alpha value is -0.950. The molecule has 0 bridgehead atoms. The van der Waals surface area contributed by atoms with Crippen molar-refractivity contribution in [2.75, 3.05) is 0 Å². The van der Waals surface area contributed by atoms with Crippen LogP contribution in [0.5, 0.6) is 0 Å². The molecule has 0 aliphatic rings. The first kappa shape index (κ1) is 11.1. The van der Waals surface area contributed by atoms with E-state index in [-0.39, 0.29) is 0 Å². The highest BCUT2D eigenvalue weighted by atomic mass is 31.2. The molecule has 12 heavy (non-hydrogen) atoms. The molecule has 0 N–H and O–H groups in total. The van der Waals surface area contributed by atoms with Gasteiger partial charge in [0.1, 0.15) is 0 Å². The minimum absolute atomic E-state index is 0.319. The third-order valence-electron chi connectivity index (χ3n) is 0.790. The molecule has 0 aromatic rings. The van der Waals surface area contributed by atoms with E-state index in [9.17, 15) is 4.57 Å². The van der Waals surface area contributed by atoms with Gasteiger partial charge in [-0.25, -0.2) is 4.57 Å². The van der Waals surface area contributed by atoms with E-state index >= 15 is 0 Å². The van der Waals surface area contributed by atoms with Gasteiger partial charge in [-0.3, -0.25) is 0 Å². The Morgan fingerprint density at radius 3 is 1.75 bits per heavy atom. The molecule has 0 fully saturated rings. The van der Waals surface area contributed by atoms with Gasteiger partial charge < -0.3 is 9.05 Å². The average molecular weight is 188 g/mol. The van der Waals surface area contributed by atoms with E-state index in [4.69, 9.17) is 9.05 Å². The Labute approximate surface area is 72.9 Å². The van der Waals surface area contributed by atoms with Crippen LogP contribution in [0.15, 0.2) is 37.1 Å². The SMILES string of the molecule is C=CP(=O)(OC(=C)C)OC(=C)C. The minimum Gasteiger partial charge on any atom is -0.419 e. The molecule has 0 unspecified atom stereocenters. The summed E-state index contributed by atoms with van der Waals surface area (Å²) in [6.45, 7) is 13.4. The predicted octanol–water partition coefficient (Wildman–Crippen LogP) is 3.42. The first-order chi connectivity index (χ1) is 5.39. The van der Waals surface area contributed by atoms with E-state index in [0.717, 1.165) is 5.82 Å². The zero-order chi connectivity index (χ0) is 9.78. The van der Waals surface area contributed by atoms with Crippen molar-refractivity contribution in [1.82, 2.24) is 0 Å². The number of hydrogen-bond donors (Lipinski definition) is 0. The molecule has 0 spiro atoms. The Morgan fingerprint density at radius 1 is 1.25 bits per heavy atom. The zero-order valence-corrected chi connectivity index (χ0v) is 8.27. The molecule has 0 amide bonds. The lowest BCUT2D eigenvalue weighted by atomic mass is 10.7. The molecule has 0 aliphatic heterocycles. The average Bonchev–Trinajstić information content (AvgIpc) is 1.83. The van der Waals surface area contributed by atoms with Crippen LogP contribution in [-0.4, -0.2) is 0 Å². The Balaban J connectivity index is 4.46. The summed E-state index contributed by atoms with van der Waals surface area (Å²) in [5.41, 5.74) is 0. The molecular weight excluding hydrogens is 175 g/mol. The van der Waals surface area contributed by atoms with Crippen molar-refractivity contribution in [1.29, 1.82) is 0 Å². The number of hydrogen-bond acceptors (Lipinski definition) is 3. The zero-order valence-electron chi connectivity index (χ0n) is 7.37. The van der Waals surface area contributed by atoms with Crippen molar-refractivity contribution in [3.63, 3.8) is 0 Å². The van der Waals surface area contributed by atoms with Crippen LogP contribution in [0.3, 0.4) is 0 Å². The smallest absolute Gasteiger partial charge is 0.419 e. The standard InChI is InChI=1S/C8H13O3P/c1-6-12(9,10-7(2)3)11-8(4)5/h6H,1-2,4H2,3,5H3. The highest BCUT2D eigenvalue weighted by Crippen LogP contribution is 2.52. The van der Waals surface area contributed by atoms with Gasteiger partial charge in [0.15, 0.2) is 0 Å². The second kappa shape index (κ2) is 4.17. The minimum atomic E-state index is -3.25. The molecule has 0 radical (unpaired) electrons. The van der Waals surface area contributed by atoms with Crippen LogP contribution in [0.1, 0.15) is 13.8 Å². The van der Waals surface area contributed by atoms with Crippen LogP contribution in [-0.2, 0) is 13.6 Å². The van der Waals surface area contributed by atoms with E-state index < -0.39 is 7.60 Å². The molecule has 4 heteroatoms. The predicted molar refractivity (Wildman–Crippen MR) is 49.6 cm³/mol. The Kier molecular flexibility index (Phi) is 3.84. The molecule has 0 aliphatic carbocycles. The van der Waals surface area contributed by atoms with Gasteiger partial charge in [0.05, 0.1) is 11.5 Å². The van der Waals surface area contributed by atoms with Crippen LogP contribution >= 0.6 is 7.60 Å². The van der Waals surface area contributed by atoms with Crippen LogP contribution < -0.4 is 0 Å². The van der Waals surface area contributed by atoms with Crippen LogP contribution in [0.2, 0.25) is 0 Å². The first-order valence-electron chi connectivity index (χ1n) is 3.33. The maximum absolute atomic E-state index is 11.5. The van der Waals surface area contributed by atoms with Gasteiger partial charge in [-0.05, 0) is 13.8 Å². The van der Waals surface area contributed by atoms with Crippen molar-refractivity contribution in [2.24, 2.45) is 0 Å². The van der Waals surface area contributed by atoms with Gasteiger partial charge in [0.25, 0.3) is 0 Å². The van der Waals surface area contributed by atoms with Crippen LogP contribution in [0.25, 0.3) is 0 Å². The highest BCUT2D eigenvalue weighted by Gasteiger charge is 2.21. The number of rotatable bonds is 5. The quantitative estimate of drug-likeness (QED) is 0.489. The lowest BCUT2D eigenvalue weighted by molar-refractivity contribution is 0.302. The Bertz CT molecular complexity index is 235. The maximum Gasteiger partial charge on any atom is 0.454 e. The normalized spacial score (nSPS) is 10.2. The van der Waals surface area contributed by atoms with Gasteiger partial charge in [-0.1, -0.05) is 19.7 Å². The van der Waals surface area contributed by atoms with E-state index in [2.05, 4.69) is 19.7 Å². The lowest BCUT2D eigenvalue weighted by Crippen LogP contribution is -1.88. The molecule has 0 rings (SSSR count). The van der Waals surface area contributed by atoms with Crippen molar-refractivity contribution in [3.05, 3.63) is 37.1 Å². The van der Waals surface area contributed by atoms with Gasteiger partial charge in [0, 0.05) is 5.82 Å². The van der Waals surface area contributed by atoms with Crippen molar-refractivity contribution < 1.29 is 13.6 Å². The summed E-state index contributed by atoms with van der Waals surface area (Å²) in [4.78, 5) is 0. The van der Waals surface area contributed by atoms with E-state index in [1.165, 1.54) is 0 Å². The fourth-order valence-corrected chi connectivity index (χ4v) is 1.58. The molecule has 68 valence electrons. The lowest BCUT2D eigenvalue weighted by Gasteiger charge is -2.15. The fraction of sp³-hybridized carbons (Fsp3) is 0.250. The topological polar surface area (TPSA) is 35.5 Å². The summed E-state index contributed by atoms with van der Waals surface area (Å²) in [7, 11) is -3.25. The summed E-state index contributed by atoms with van der Waals surface area (Å²) in [5.74, 6) is 1.76. The molecule has 0 aromatic carbocycles. The van der Waals surface area contributed by atoms with Crippen molar-refractivity contribution >= 4 is 7.60 Å². The van der Waals surface area contributed by atoms with Gasteiger partial charge in [0.2, 0.25) is 0 Å². The molecule has 0 saturated carbocycles. The van der Waals surface area contributed by atoms with Gasteiger partial charge in [-0.2, -0.15) is 0 Å². The molecular formula is C8H13O3P. The molecule has 0 atom stereocenters. The highest BCUT2D eigenvalue weighted by molar-refractivity contribution is 7.57. The van der Waals surface area contributed by atoms with Crippen molar-refractivity contribution in [2.45, 2.75) is 13.8 Å². The summed E-state index contributed by atoms with van der Waals surface area (Å²) < 4.78 is 21.2. The third kappa shape index (κ3) is 4.04. The maximum atomic E-state index is 11.5.